The zero-order valence-corrected chi connectivity index (χ0v) is 9.35. The molecule has 2 heterocycles. The lowest BCUT2D eigenvalue weighted by Crippen LogP contribution is -2.48. The molecule has 0 saturated carbocycles. The van der Waals surface area contributed by atoms with E-state index < -0.39 is 0 Å². The number of phenols is 1. The molecule has 1 spiro atoms. The second kappa shape index (κ2) is 3.63. The van der Waals surface area contributed by atoms with Gasteiger partial charge in [0.1, 0.15) is 5.75 Å². The Morgan fingerprint density at radius 1 is 1.47 bits per heavy atom. The van der Waals surface area contributed by atoms with Gasteiger partial charge < -0.3 is 15.2 Å². The number of amides is 2. The Balaban J connectivity index is 2.01. The second-order valence-electron chi connectivity index (χ2n) is 4.54. The molecule has 2 aliphatic heterocycles. The van der Waals surface area contributed by atoms with Crippen molar-refractivity contribution in [2.45, 2.75) is 12.0 Å². The highest BCUT2D eigenvalue weighted by molar-refractivity contribution is 5.96. The number of urea groups is 1. The molecule has 0 aromatic heterocycles. The standard InChI is InChI=1S/C12H14N2O3/c15-10-3-1-2-9(6-10)14-11(16)13-7-12(14)4-5-17-8-12/h1-3,6,15H,4-5,7-8H2,(H,13,16). The molecule has 2 amide bonds. The highest BCUT2D eigenvalue weighted by Crippen LogP contribution is 2.35. The molecule has 3 rings (SSSR count). The van der Waals surface area contributed by atoms with Gasteiger partial charge in [0.2, 0.25) is 0 Å². The number of phenolic OH excluding ortho intramolecular Hbond substituents is 1. The fraction of sp³-hybridized carbons (Fsp3) is 0.417. The minimum atomic E-state index is -0.287. The van der Waals surface area contributed by atoms with E-state index in [-0.39, 0.29) is 17.3 Å². The lowest BCUT2D eigenvalue weighted by atomic mass is 9.97. The molecule has 2 aliphatic rings. The van der Waals surface area contributed by atoms with Crippen LogP contribution in [0.15, 0.2) is 24.3 Å². The van der Waals surface area contributed by atoms with Gasteiger partial charge in [-0.1, -0.05) is 6.07 Å². The van der Waals surface area contributed by atoms with Crippen LogP contribution in [0.2, 0.25) is 0 Å². The Bertz CT molecular complexity index is 455. The zero-order chi connectivity index (χ0) is 11.9. The van der Waals surface area contributed by atoms with Crippen molar-refractivity contribution in [1.29, 1.82) is 0 Å². The number of carbonyl (C=O) groups excluding carboxylic acids is 1. The summed E-state index contributed by atoms with van der Waals surface area (Å²) in [6, 6.07) is 6.63. The van der Waals surface area contributed by atoms with Gasteiger partial charge in [-0.15, -0.1) is 0 Å². The number of anilines is 1. The highest BCUT2D eigenvalue weighted by Gasteiger charge is 2.48. The van der Waals surface area contributed by atoms with Gasteiger partial charge in [0.05, 0.1) is 12.1 Å². The van der Waals surface area contributed by atoms with E-state index in [1.807, 2.05) is 6.07 Å². The maximum Gasteiger partial charge on any atom is 0.322 e. The van der Waals surface area contributed by atoms with E-state index in [4.69, 9.17) is 4.74 Å². The van der Waals surface area contributed by atoms with Gasteiger partial charge in [-0.05, 0) is 18.6 Å². The summed E-state index contributed by atoms with van der Waals surface area (Å²) >= 11 is 0. The quantitative estimate of drug-likeness (QED) is 0.764. The lowest BCUT2D eigenvalue weighted by Gasteiger charge is -2.31. The molecule has 0 radical (unpaired) electrons. The van der Waals surface area contributed by atoms with Crippen LogP contribution in [0, 0.1) is 0 Å². The summed E-state index contributed by atoms with van der Waals surface area (Å²) in [5, 5.41) is 12.3. The van der Waals surface area contributed by atoms with Crippen molar-refractivity contribution in [3.8, 4) is 5.75 Å². The van der Waals surface area contributed by atoms with Crippen LogP contribution in [0.1, 0.15) is 6.42 Å². The number of nitrogens with one attached hydrogen (secondary N) is 1. The van der Waals surface area contributed by atoms with Crippen LogP contribution in [0.5, 0.6) is 5.75 Å². The van der Waals surface area contributed by atoms with Crippen molar-refractivity contribution in [1.82, 2.24) is 5.32 Å². The molecule has 2 saturated heterocycles. The Morgan fingerprint density at radius 3 is 3.06 bits per heavy atom. The van der Waals surface area contributed by atoms with Crippen LogP contribution in [0.4, 0.5) is 10.5 Å². The number of carbonyl (C=O) groups is 1. The van der Waals surface area contributed by atoms with E-state index in [2.05, 4.69) is 5.32 Å². The van der Waals surface area contributed by atoms with E-state index in [1.54, 1.807) is 23.1 Å². The number of benzene rings is 1. The van der Waals surface area contributed by atoms with E-state index in [0.717, 1.165) is 6.42 Å². The molecular formula is C12H14N2O3. The Kier molecular flexibility index (Phi) is 2.22. The Morgan fingerprint density at radius 2 is 2.35 bits per heavy atom. The third-order valence-corrected chi connectivity index (χ3v) is 3.42. The van der Waals surface area contributed by atoms with Crippen molar-refractivity contribution in [2.24, 2.45) is 0 Å². The summed E-state index contributed by atoms with van der Waals surface area (Å²) < 4.78 is 5.42. The first-order valence-electron chi connectivity index (χ1n) is 5.66. The molecule has 0 bridgehead atoms. The Labute approximate surface area is 99.0 Å². The Hall–Kier alpha value is -1.75. The van der Waals surface area contributed by atoms with Crippen LogP contribution >= 0.6 is 0 Å². The summed E-state index contributed by atoms with van der Waals surface area (Å²) in [6.07, 6.45) is 0.821. The number of nitrogens with zero attached hydrogens (tertiary/aromatic N) is 1. The highest BCUT2D eigenvalue weighted by atomic mass is 16.5. The summed E-state index contributed by atoms with van der Waals surface area (Å²) in [5.41, 5.74) is 0.427. The molecule has 90 valence electrons. The van der Waals surface area contributed by atoms with Crippen LogP contribution in [0.25, 0.3) is 0 Å². The normalized spacial score (nSPS) is 27.8. The van der Waals surface area contributed by atoms with Crippen molar-refractivity contribution in [3.05, 3.63) is 24.3 Å². The van der Waals surface area contributed by atoms with Crippen molar-refractivity contribution < 1.29 is 14.6 Å². The number of hydrogen-bond donors (Lipinski definition) is 2. The molecule has 2 fully saturated rings. The number of ether oxygens (including phenoxy) is 1. The van der Waals surface area contributed by atoms with Crippen LogP contribution < -0.4 is 10.2 Å². The van der Waals surface area contributed by atoms with E-state index in [1.165, 1.54) is 0 Å². The fourth-order valence-corrected chi connectivity index (χ4v) is 2.55. The van der Waals surface area contributed by atoms with Gasteiger partial charge in [-0.2, -0.15) is 0 Å². The number of rotatable bonds is 1. The van der Waals surface area contributed by atoms with Gasteiger partial charge in [0.25, 0.3) is 0 Å². The maximum atomic E-state index is 11.9. The molecule has 1 atom stereocenters. The average molecular weight is 234 g/mol. The predicted octanol–water partition coefficient (Wildman–Crippen LogP) is 1.08. The van der Waals surface area contributed by atoms with Crippen LogP contribution in [-0.4, -0.2) is 36.4 Å². The van der Waals surface area contributed by atoms with Crippen molar-refractivity contribution in [2.75, 3.05) is 24.7 Å². The summed E-state index contributed by atoms with van der Waals surface area (Å²) in [5.74, 6) is 0.163. The van der Waals surface area contributed by atoms with Crippen LogP contribution in [0.3, 0.4) is 0 Å². The third-order valence-electron chi connectivity index (χ3n) is 3.42. The largest absolute Gasteiger partial charge is 0.508 e. The molecule has 5 nitrogen and oxygen atoms in total. The first-order valence-corrected chi connectivity index (χ1v) is 5.66. The van der Waals surface area contributed by atoms with Gasteiger partial charge in [-0.25, -0.2) is 4.79 Å². The second-order valence-corrected chi connectivity index (χ2v) is 4.54. The van der Waals surface area contributed by atoms with E-state index in [9.17, 15) is 9.90 Å². The van der Waals surface area contributed by atoms with Gasteiger partial charge >= 0.3 is 6.03 Å². The summed E-state index contributed by atoms with van der Waals surface area (Å²) in [6.45, 7) is 1.81. The predicted molar refractivity (Wildman–Crippen MR) is 62.2 cm³/mol. The zero-order valence-electron chi connectivity index (χ0n) is 9.35. The maximum absolute atomic E-state index is 11.9. The van der Waals surface area contributed by atoms with E-state index >= 15 is 0 Å². The van der Waals surface area contributed by atoms with Gasteiger partial charge in [0.15, 0.2) is 0 Å². The number of hydrogen-bond acceptors (Lipinski definition) is 3. The smallest absolute Gasteiger partial charge is 0.322 e. The summed E-state index contributed by atoms with van der Waals surface area (Å²) in [4.78, 5) is 13.6. The topological polar surface area (TPSA) is 61.8 Å². The minimum Gasteiger partial charge on any atom is -0.508 e. The lowest BCUT2D eigenvalue weighted by molar-refractivity contribution is 0.181. The first-order chi connectivity index (χ1) is 8.21. The molecule has 1 aromatic rings. The van der Waals surface area contributed by atoms with Crippen molar-refractivity contribution in [3.63, 3.8) is 0 Å². The van der Waals surface area contributed by atoms with Crippen molar-refractivity contribution >= 4 is 11.7 Å². The average Bonchev–Trinajstić information content (AvgIpc) is 2.88. The summed E-state index contributed by atoms with van der Waals surface area (Å²) in [7, 11) is 0. The molecule has 0 aliphatic carbocycles. The van der Waals surface area contributed by atoms with Gasteiger partial charge in [-0.3, -0.25) is 4.90 Å². The monoisotopic (exact) mass is 234 g/mol. The molecule has 1 aromatic carbocycles. The van der Waals surface area contributed by atoms with Crippen LogP contribution in [-0.2, 0) is 4.74 Å². The van der Waals surface area contributed by atoms with E-state index in [0.29, 0.717) is 25.4 Å². The number of aromatic hydroxyl groups is 1. The molecule has 2 N–H and O–H groups in total. The minimum absolute atomic E-state index is 0.124. The molecule has 5 heteroatoms. The molecule has 17 heavy (non-hydrogen) atoms. The SMILES string of the molecule is O=C1NCC2(CCOC2)N1c1cccc(O)c1. The fourth-order valence-electron chi connectivity index (χ4n) is 2.55. The molecular weight excluding hydrogens is 220 g/mol. The molecule has 1 unspecified atom stereocenters. The van der Waals surface area contributed by atoms with Gasteiger partial charge in [0, 0.05) is 24.9 Å². The third kappa shape index (κ3) is 1.54. The first kappa shape index (κ1) is 10.4.